The molecule has 0 saturated heterocycles. The highest BCUT2D eigenvalue weighted by Crippen LogP contribution is 2.20. The first kappa shape index (κ1) is 18.6. The van der Waals surface area contributed by atoms with Crippen LogP contribution in [0.5, 0.6) is 0 Å². The van der Waals surface area contributed by atoms with E-state index in [1.807, 2.05) is 55.3 Å². The number of amides is 1. The molecular formula is C21H25N5O. The van der Waals surface area contributed by atoms with E-state index >= 15 is 0 Å². The normalized spacial score (nSPS) is 11.3. The summed E-state index contributed by atoms with van der Waals surface area (Å²) < 4.78 is 3.82. The smallest absolute Gasteiger partial charge is 0.248 e. The number of aryl methyl sites for hydroxylation is 2. The first-order valence-corrected chi connectivity index (χ1v) is 9.09. The number of nitrogens with one attached hydrogen (secondary N) is 1. The van der Waals surface area contributed by atoms with Gasteiger partial charge >= 0.3 is 0 Å². The standard InChI is InChI=1S/C21H25N5O/c1-5-25-16(3)19(13-22-25)11-12-20(27)23-21-15(2)24-26(17(21)4)14-18-9-7-6-8-10-18/h6-13H,5,14H2,1-4H3,(H,23,27)/b12-11+. The van der Waals surface area contributed by atoms with Gasteiger partial charge in [-0.2, -0.15) is 10.2 Å². The molecule has 140 valence electrons. The van der Waals surface area contributed by atoms with Gasteiger partial charge in [-0.1, -0.05) is 30.3 Å². The summed E-state index contributed by atoms with van der Waals surface area (Å²) in [6.45, 7) is 9.40. The zero-order valence-corrected chi connectivity index (χ0v) is 16.2. The maximum atomic E-state index is 12.4. The van der Waals surface area contributed by atoms with Crippen molar-refractivity contribution in [1.82, 2.24) is 19.6 Å². The van der Waals surface area contributed by atoms with Gasteiger partial charge in [0.05, 0.1) is 29.8 Å². The number of anilines is 1. The molecule has 1 N–H and O–H groups in total. The number of aromatic nitrogens is 4. The predicted octanol–water partition coefficient (Wildman–Crippen LogP) is 3.72. The number of carbonyl (C=O) groups is 1. The Morgan fingerprint density at radius 3 is 2.52 bits per heavy atom. The predicted molar refractivity (Wildman–Crippen MR) is 108 cm³/mol. The van der Waals surface area contributed by atoms with E-state index in [0.717, 1.165) is 34.9 Å². The first-order valence-electron chi connectivity index (χ1n) is 9.09. The van der Waals surface area contributed by atoms with Crippen molar-refractivity contribution in [2.75, 3.05) is 5.32 Å². The molecule has 0 aliphatic heterocycles. The van der Waals surface area contributed by atoms with Crippen LogP contribution in [0.1, 0.15) is 35.1 Å². The van der Waals surface area contributed by atoms with Gasteiger partial charge in [-0.3, -0.25) is 14.2 Å². The molecule has 3 aromatic rings. The van der Waals surface area contributed by atoms with Gasteiger partial charge in [0.15, 0.2) is 0 Å². The van der Waals surface area contributed by atoms with E-state index in [0.29, 0.717) is 6.54 Å². The van der Waals surface area contributed by atoms with Crippen LogP contribution in [0.3, 0.4) is 0 Å². The topological polar surface area (TPSA) is 64.7 Å². The second-order valence-electron chi connectivity index (χ2n) is 6.51. The third kappa shape index (κ3) is 4.16. The quantitative estimate of drug-likeness (QED) is 0.679. The Kier molecular flexibility index (Phi) is 5.54. The fraction of sp³-hybridized carbons (Fsp3) is 0.286. The maximum Gasteiger partial charge on any atom is 0.248 e. The number of rotatable bonds is 6. The molecule has 0 saturated carbocycles. The molecule has 1 amide bonds. The monoisotopic (exact) mass is 363 g/mol. The molecule has 0 aliphatic rings. The highest BCUT2D eigenvalue weighted by Gasteiger charge is 2.13. The van der Waals surface area contributed by atoms with Crippen LogP contribution in [-0.2, 0) is 17.9 Å². The fourth-order valence-electron chi connectivity index (χ4n) is 3.06. The van der Waals surface area contributed by atoms with Crippen molar-refractivity contribution in [2.45, 2.75) is 40.8 Å². The fourth-order valence-corrected chi connectivity index (χ4v) is 3.06. The van der Waals surface area contributed by atoms with E-state index in [4.69, 9.17) is 0 Å². The number of carbonyl (C=O) groups excluding carboxylic acids is 1. The second-order valence-corrected chi connectivity index (χ2v) is 6.51. The minimum absolute atomic E-state index is 0.177. The van der Waals surface area contributed by atoms with Crippen molar-refractivity contribution >= 4 is 17.7 Å². The van der Waals surface area contributed by atoms with E-state index < -0.39 is 0 Å². The number of nitrogens with zero attached hydrogens (tertiary/aromatic N) is 4. The van der Waals surface area contributed by atoms with Crippen molar-refractivity contribution in [3.63, 3.8) is 0 Å². The molecular weight excluding hydrogens is 338 g/mol. The van der Waals surface area contributed by atoms with Crippen LogP contribution in [0.4, 0.5) is 5.69 Å². The minimum atomic E-state index is -0.177. The third-order valence-corrected chi connectivity index (χ3v) is 4.66. The van der Waals surface area contributed by atoms with Crippen LogP contribution < -0.4 is 5.32 Å². The SMILES string of the molecule is CCn1ncc(/C=C/C(=O)Nc2c(C)nn(Cc3ccccc3)c2C)c1C. The minimum Gasteiger partial charge on any atom is -0.319 e. The molecule has 3 rings (SSSR count). The summed E-state index contributed by atoms with van der Waals surface area (Å²) in [5.41, 5.74) is 5.67. The Hall–Kier alpha value is -3.15. The van der Waals surface area contributed by atoms with Crippen LogP contribution in [0.25, 0.3) is 6.08 Å². The average molecular weight is 363 g/mol. The average Bonchev–Trinajstić information content (AvgIpc) is 3.15. The molecule has 27 heavy (non-hydrogen) atoms. The molecule has 6 heteroatoms. The molecule has 0 unspecified atom stereocenters. The largest absolute Gasteiger partial charge is 0.319 e. The maximum absolute atomic E-state index is 12.4. The van der Waals surface area contributed by atoms with Gasteiger partial charge in [0.25, 0.3) is 0 Å². The van der Waals surface area contributed by atoms with Gasteiger partial charge < -0.3 is 5.32 Å². The highest BCUT2D eigenvalue weighted by molar-refractivity contribution is 6.02. The van der Waals surface area contributed by atoms with Gasteiger partial charge in [-0.15, -0.1) is 0 Å². The summed E-state index contributed by atoms with van der Waals surface area (Å²) in [5.74, 6) is -0.177. The molecule has 1 aromatic carbocycles. The molecule has 0 spiro atoms. The summed E-state index contributed by atoms with van der Waals surface area (Å²) in [6.07, 6.45) is 5.11. The summed E-state index contributed by atoms with van der Waals surface area (Å²) in [7, 11) is 0. The van der Waals surface area contributed by atoms with E-state index in [-0.39, 0.29) is 5.91 Å². The number of hydrogen-bond acceptors (Lipinski definition) is 3. The van der Waals surface area contributed by atoms with Crippen molar-refractivity contribution < 1.29 is 4.79 Å². The summed E-state index contributed by atoms with van der Waals surface area (Å²) in [4.78, 5) is 12.4. The van der Waals surface area contributed by atoms with Crippen LogP contribution in [0.2, 0.25) is 0 Å². The molecule has 0 fully saturated rings. The molecule has 0 radical (unpaired) electrons. The second kappa shape index (κ2) is 8.03. The summed E-state index contributed by atoms with van der Waals surface area (Å²) in [6, 6.07) is 10.1. The first-order chi connectivity index (χ1) is 13.0. The molecule has 2 aromatic heterocycles. The van der Waals surface area contributed by atoms with E-state index in [9.17, 15) is 4.79 Å². The van der Waals surface area contributed by atoms with Gasteiger partial charge in [0, 0.05) is 23.9 Å². The Morgan fingerprint density at radius 1 is 1.11 bits per heavy atom. The molecule has 0 atom stereocenters. The summed E-state index contributed by atoms with van der Waals surface area (Å²) in [5, 5.41) is 11.8. The lowest BCUT2D eigenvalue weighted by Gasteiger charge is -2.06. The van der Waals surface area contributed by atoms with E-state index in [1.54, 1.807) is 12.3 Å². The van der Waals surface area contributed by atoms with Crippen LogP contribution in [0.15, 0.2) is 42.6 Å². The molecule has 2 heterocycles. The zero-order chi connectivity index (χ0) is 19.4. The van der Waals surface area contributed by atoms with Crippen molar-refractivity contribution in [3.05, 3.63) is 70.8 Å². The third-order valence-electron chi connectivity index (χ3n) is 4.66. The lowest BCUT2D eigenvalue weighted by atomic mass is 10.2. The van der Waals surface area contributed by atoms with Gasteiger partial charge in [0.1, 0.15) is 0 Å². The Balaban J connectivity index is 1.72. The molecule has 6 nitrogen and oxygen atoms in total. The van der Waals surface area contributed by atoms with Gasteiger partial charge in [0.2, 0.25) is 5.91 Å². The Labute approximate surface area is 159 Å². The van der Waals surface area contributed by atoms with Crippen LogP contribution >= 0.6 is 0 Å². The van der Waals surface area contributed by atoms with Crippen molar-refractivity contribution in [1.29, 1.82) is 0 Å². The highest BCUT2D eigenvalue weighted by atomic mass is 16.1. The summed E-state index contributed by atoms with van der Waals surface area (Å²) >= 11 is 0. The molecule has 0 aliphatic carbocycles. The molecule has 0 bridgehead atoms. The van der Waals surface area contributed by atoms with Crippen LogP contribution in [-0.4, -0.2) is 25.5 Å². The van der Waals surface area contributed by atoms with Crippen LogP contribution in [0, 0.1) is 20.8 Å². The Morgan fingerprint density at radius 2 is 1.85 bits per heavy atom. The lowest BCUT2D eigenvalue weighted by Crippen LogP contribution is -2.10. The van der Waals surface area contributed by atoms with Crippen molar-refractivity contribution in [3.8, 4) is 0 Å². The Bertz CT molecular complexity index is 966. The van der Waals surface area contributed by atoms with Crippen molar-refractivity contribution in [2.24, 2.45) is 0 Å². The van der Waals surface area contributed by atoms with E-state index in [2.05, 4.69) is 27.6 Å². The van der Waals surface area contributed by atoms with Gasteiger partial charge in [-0.25, -0.2) is 0 Å². The van der Waals surface area contributed by atoms with E-state index in [1.165, 1.54) is 11.6 Å². The lowest BCUT2D eigenvalue weighted by molar-refractivity contribution is -0.111. The zero-order valence-electron chi connectivity index (χ0n) is 16.2. The number of benzene rings is 1. The number of hydrogen-bond donors (Lipinski definition) is 1. The van der Waals surface area contributed by atoms with Gasteiger partial charge in [-0.05, 0) is 39.3 Å².